The van der Waals surface area contributed by atoms with E-state index in [1.807, 2.05) is 0 Å². The molecule has 33 heavy (non-hydrogen) atoms. The molecule has 1 atom stereocenters. The molecule has 11 heteroatoms. The van der Waals surface area contributed by atoms with E-state index in [2.05, 4.69) is 16.5 Å². The second-order valence-corrected chi connectivity index (χ2v) is 9.30. The van der Waals surface area contributed by atoms with Gasteiger partial charge in [-0.1, -0.05) is 70.8 Å². The largest absolute Gasteiger partial charge is 0.504 e. The van der Waals surface area contributed by atoms with Crippen molar-refractivity contribution in [3.8, 4) is 11.5 Å². The molecule has 0 heterocycles. The lowest BCUT2D eigenvalue weighted by atomic mass is 9.93. The summed E-state index contributed by atoms with van der Waals surface area (Å²) in [4.78, 5) is 11.0. The number of nitrogens with two attached hydrogens (primary N) is 1. The molecule has 10 nitrogen and oxygen atoms in total. The molecule has 1 rings (SSSR count). The van der Waals surface area contributed by atoms with Gasteiger partial charge in [0, 0.05) is 6.42 Å². The van der Waals surface area contributed by atoms with Crippen molar-refractivity contribution in [3.63, 3.8) is 0 Å². The lowest BCUT2D eigenvalue weighted by Gasteiger charge is -2.23. The van der Waals surface area contributed by atoms with E-state index in [4.69, 9.17) is 20.6 Å². The number of hydrazine groups is 1. The molecule has 0 amide bonds. The van der Waals surface area contributed by atoms with Crippen molar-refractivity contribution in [3.05, 3.63) is 23.8 Å². The molecule has 0 saturated carbocycles. The number of phenolic OH excluding ortho intramolecular Hbond substituents is 2. The fraction of sp³-hybridized carbons (Fsp3) is 0.682. The average Bonchev–Trinajstić information content (AvgIpc) is 2.74. The van der Waals surface area contributed by atoms with Gasteiger partial charge in [-0.3, -0.25) is 15.2 Å². The average molecular weight is 493 g/mol. The number of rotatable bonds is 16. The van der Waals surface area contributed by atoms with Crippen LogP contribution in [0.25, 0.3) is 0 Å². The number of benzene rings is 1. The summed E-state index contributed by atoms with van der Waals surface area (Å²) in [5.41, 5.74) is 1.45. The van der Waals surface area contributed by atoms with Gasteiger partial charge >= 0.3 is 16.4 Å². The summed E-state index contributed by atoms with van der Waals surface area (Å²) in [5, 5.41) is 27.3. The van der Waals surface area contributed by atoms with Crippen LogP contribution < -0.4 is 11.3 Å². The van der Waals surface area contributed by atoms with Crippen molar-refractivity contribution in [1.82, 2.24) is 5.43 Å². The summed E-state index contributed by atoms with van der Waals surface area (Å²) in [6, 6.07) is 4.12. The van der Waals surface area contributed by atoms with E-state index < -0.39 is 21.9 Å². The lowest BCUT2D eigenvalue weighted by Crippen LogP contribution is -2.54. The van der Waals surface area contributed by atoms with E-state index in [1.165, 1.54) is 70.1 Å². The van der Waals surface area contributed by atoms with E-state index in [0.29, 0.717) is 12.0 Å². The van der Waals surface area contributed by atoms with Gasteiger partial charge in [0.15, 0.2) is 11.5 Å². The summed E-state index contributed by atoms with van der Waals surface area (Å²) in [6.07, 6.45) is 11.9. The number of carboxylic acid groups (broad SMARTS) is 1. The Kier molecular flexibility index (Phi) is 15.7. The quantitative estimate of drug-likeness (QED) is 0.0655. The molecule has 0 fully saturated rings. The van der Waals surface area contributed by atoms with Crippen LogP contribution in [0.5, 0.6) is 11.5 Å². The SMILES string of the molecule is CCCCCCCCCCCCOS(=O)(=O)O.C[C@@](Cc1ccc(O)c(O)c1)(NN)C(=O)O. The van der Waals surface area contributed by atoms with Crippen molar-refractivity contribution in [2.45, 2.75) is 90.0 Å². The minimum atomic E-state index is -4.23. The van der Waals surface area contributed by atoms with Crippen molar-refractivity contribution >= 4 is 16.4 Å². The Balaban J connectivity index is 0.000000621. The molecule has 1 aromatic rings. The minimum Gasteiger partial charge on any atom is -0.504 e. The third kappa shape index (κ3) is 15.5. The molecular formula is C22H40N2O8S. The van der Waals surface area contributed by atoms with Gasteiger partial charge in [-0.05, 0) is 31.0 Å². The van der Waals surface area contributed by atoms with Gasteiger partial charge in [-0.15, -0.1) is 0 Å². The van der Waals surface area contributed by atoms with Crippen LogP contribution in [0.2, 0.25) is 0 Å². The fourth-order valence-electron chi connectivity index (χ4n) is 3.03. The first-order valence-electron chi connectivity index (χ1n) is 11.3. The Morgan fingerprint density at radius 3 is 1.94 bits per heavy atom. The second-order valence-electron chi connectivity index (χ2n) is 8.21. The van der Waals surface area contributed by atoms with E-state index in [-0.39, 0.29) is 24.5 Å². The van der Waals surface area contributed by atoms with E-state index >= 15 is 0 Å². The summed E-state index contributed by atoms with van der Waals surface area (Å²) >= 11 is 0. The minimum absolute atomic E-state index is 0.0900. The first kappa shape index (κ1) is 31.1. The van der Waals surface area contributed by atoms with E-state index in [0.717, 1.165) is 12.8 Å². The molecule has 0 aromatic heterocycles. The Hall–Kier alpha value is -1.92. The maximum Gasteiger partial charge on any atom is 0.397 e. The fourth-order valence-corrected chi connectivity index (χ4v) is 3.36. The molecule has 0 aliphatic rings. The summed E-state index contributed by atoms with van der Waals surface area (Å²) < 4.78 is 33.0. The van der Waals surface area contributed by atoms with Crippen molar-refractivity contribution in [2.75, 3.05) is 6.61 Å². The first-order chi connectivity index (χ1) is 15.4. The predicted molar refractivity (Wildman–Crippen MR) is 126 cm³/mol. The van der Waals surface area contributed by atoms with Gasteiger partial charge in [-0.2, -0.15) is 8.42 Å². The van der Waals surface area contributed by atoms with Gasteiger partial charge in [0.25, 0.3) is 0 Å². The molecule has 0 radical (unpaired) electrons. The van der Waals surface area contributed by atoms with Gasteiger partial charge in [0.2, 0.25) is 0 Å². The van der Waals surface area contributed by atoms with Crippen LogP contribution in [-0.2, 0) is 25.8 Å². The zero-order chi connectivity index (χ0) is 25.3. The third-order valence-corrected chi connectivity index (χ3v) is 5.58. The molecule has 1 aromatic carbocycles. The molecule has 0 bridgehead atoms. The lowest BCUT2D eigenvalue weighted by molar-refractivity contribution is -0.144. The molecule has 0 aliphatic carbocycles. The maximum absolute atomic E-state index is 11.0. The summed E-state index contributed by atoms with van der Waals surface area (Å²) in [7, 11) is -4.23. The number of hydrogen-bond acceptors (Lipinski definition) is 8. The van der Waals surface area contributed by atoms with Crippen molar-refractivity contribution in [1.29, 1.82) is 0 Å². The van der Waals surface area contributed by atoms with Gasteiger partial charge < -0.3 is 15.3 Å². The van der Waals surface area contributed by atoms with Crippen LogP contribution in [0, 0.1) is 0 Å². The molecule has 0 saturated heterocycles. The number of aromatic hydroxyl groups is 2. The number of unbranched alkanes of at least 4 members (excludes halogenated alkanes) is 9. The highest BCUT2D eigenvalue weighted by atomic mass is 32.3. The second kappa shape index (κ2) is 16.7. The van der Waals surface area contributed by atoms with E-state index in [1.54, 1.807) is 0 Å². The Morgan fingerprint density at radius 1 is 1.00 bits per heavy atom. The number of carbonyl (C=O) groups is 1. The maximum atomic E-state index is 11.0. The Labute approximate surface area is 197 Å². The molecule has 0 aliphatic heterocycles. The standard InChI is InChI=1S/C12H26O4S.C10H14N2O4/c1-2-3-4-5-6-7-8-9-10-11-12-16-17(13,14)15;1-10(12-11,9(15)16)5-6-2-3-7(13)8(14)4-6/h2-12H2,1H3,(H,13,14,15);2-4,12-14H,5,11H2,1H3,(H,15,16)/t;10-/m.0/s1. The number of nitrogens with one attached hydrogen (secondary N) is 1. The van der Waals surface area contributed by atoms with Gasteiger partial charge in [-0.25, -0.2) is 9.61 Å². The van der Waals surface area contributed by atoms with Gasteiger partial charge in [0.05, 0.1) is 6.61 Å². The highest BCUT2D eigenvalue weighted by molar-refractivity contribution is 7.80. The zero-order valence-electron chi connectivity index (χ0n) is 19.6. The number of phenols is 2. The van der Waals surface area contributed by atoms with Crippen LogP contribution in [0.3, 0.4) is 0 Å². The smallest absolute Gasteiger partial charge is 0.397 e. The summed E-state index contributed by atoms with van der Waals surface area (Å²) in [6.45, 7) is 3.74. The normalized spacial score (nSPS) is 13.1. The topological polar surface area (TPSA) is 179 Å². The number of hydrogen-bond donors (Lipinski definition) is 6. The first-order valence-corrected chi connectivity index (χ1v) is 12.7. The molecule has 192 valence electrons. The zero-order valence-corrected chi connectivity index (χ0v) is 20.4. The third-order valence-electron chi connectivity index (χ3n) is 5.12. The van der Waals surface area contributed by atoms with Crippen molar-refractivity contribution in [2.24, 2.45) is 5.84 Å². The molecule has 0 spiro atoms. The van der Waals surface area contributed by atoms with Crippen LogP contribution in [0.4, 0.5) is 0 Å². The van der Waals surface area contributed by atoms with Crippen LogP contribution in [0.1, 0.15) is 83.6 Å². The van der Waals surface area contributed by atoms with Crippen molar-refractivity contribution < 1.29 is 37.3 Å². The number of carboxylic acids is 1. The Morgan fingerprint density at radius 2 is 1.52 bits per heavy atom. The van der Waals surface area contributed by atoms with Crippen LogP contribution in [-0.4, -0.2) is 46.4 Å². The summed E-state index contributed by atoms with van der Waals surface area (Å²) in [5.74, 6) is 3.55. The van der Waals surface area contributed by atoms with E-state index in [9.17, 15) is 18.3 Å². The Bertz CT molecular complexity index is 789. The molecular weight excluding hydrogens is 452 g/mol. The number of aliphatic carboxylic acids is 1. The highest BCUT2D eigenvalue weighted by Gasteiger charge is 2.32. The predicted octanol–water partition coefficient (Wildman–Crippen LogP) is 3.67. The van der Waals surface area contributed by atoms with Gasteiger partial charge in [0.1, 0.15) is 5.54 Å². The monoisotopic (exact) mass is 492 g/mol. The molecule has 7 N–H and O–H groups in total. The van der Waals surface area contributed by atoms with Crippen LogP contribution in [0.15, 0.2) is 18.2 Å². The molecule has 0 unspecified atom stereocenters. The highest BCUT2D eigenvalue weighted by Crippen LogP contribution is 2.26. The van der Waals surface area contributed by atoms with Crippen LogP contribution >= 0.6 is 0 Å².